The molecule has 0 fully saturated rings. The first-order chi connectivity index (χ1) is 9.45. The van der Waals surface area contributed by atoms with Gasteiger partial charge in [-0.3, -0.25) is 9.59 Å². The molecule has 118 valence electrons. The minimum atomic E-state index is -0.345. The molecule has 0 aromatic heterocycles. The third-order valence-corrected chi connectivity index (χ3v) is 3.20. The second kappa shape index (κ2) is 9.37. The molecule has 0 saturated heterocycles. The highest BCUT2D eigenvalue weighted by Gasteiger charge is 2.20. The van der Waals surface area contributed by atoms with Crippen LogP contribution in [0.1, 0.15) is 24.9 Å². The Bertz CT molecular complexity index is 453. The van der Waals surface area contributed by atoms with E-state index in [2.05, 4.69) is 4.74 Å². The van der Waals surface area contributed by atoms with E-state index in [1.807, 2.05) is 30.3 Å². The maximum atomic E-state index is 12.1. The summed E-state index contributed by atoms with van der Waals surface area (Å²) in [5, 5.41) is 0. The van der Waals surface area contributed by atoms with Gasteiger partial charge in [-0.2, -0.15) is 0 Å². The van der Waals surface area contributed by atoms with Crippen molar-refractivity contribution >= 4 is 24.3 Å². The van der Waals surface area contributed by atoms with Crippen molar-refractivity contribution < 1.29 is 14.3 Å². The number of benzene rings is 1. The van der Waals surface area contributed by atoms with E-state index < -0.39 is 0 Å². The van der Waals surface area contributed by atoms with Crippen molar-refractivity contribution in [3.05, 3.63) is 35.9 Å². The average Bonchev–Trinajstić information content (AvgIpc) is 2.46. The van der Waals surface area contributed by atoms with E-state index in [9.17, 15) is 9.59 Å². The first-order valence-corrected chi connectivity index (χ1v) is 6.58. The summed E-state index contributed by atoms with van der Waals surface area (Å²) < 4.78 is 4.64. The summed E-state index contributed by atoms with van der Waals surface area (Å²) in [6, 6.07) is 9.15. The third-order valence-electron chi connectivity index (χ3n) is 3.20. The Balaban J connectivity index is 0.00000400. The number of halogens is 1. The molecule has 1 aromatic rings. The number of nitrogens with zero attached hydrogens (tertiary/aromatic N) is 1. The van der Waals surface area contributed by atoms with Crippen molar-refractivity contribution in [2.75, 3.05) is 20.7 Å². The first kappa shape index (κ1) is 19.4. The van der Waals surface area contributed by atoms with Crippen molar-refractivity contribution in [3.8, 4) is 0 Å². The highest BCUT2D eigenvalue weighted by molar-refractivity contribution is 5.85. The molecule has 0 aliphatic rings. The lowest BCUT2D eigenvalue weighted by Gasteiger charge is -2.22. The summed E-state index contributed by atoms with van der Waals surface area (Å²) in [5.41, 5.74) is 6.94. The molecule has 0 bridgehead atoms. The van der Waals surface area contributed by atoms with Gasteiger partial charge in [-0.1, -0.05) is 37.3 Å². The Morgan fingerprint density at radius 2 is 1.86 bits per heavy atom. The van der Waals surface area contributed by atoms with Crippen LogP contribution in [-0.2, 0) is 14.3 Å². The fourth-order valence-corrected chi connectivity index (χ4v) is 1.95. The van der Waals surface area contributed by atoms with Crippen LogP contribution in [0.15, 0.2) is 30.3 Å². The first-order valence-electron chi connectivity index (χ1n) is 6.58. The normalized spacial score (nSPS) is 12.8. The lowest BCUT2D eigenvalue weighted by molar-refractivity contribution is -0.146. The highest BCUT2D eigenvalue weighted by atomic mass is 35.5. The van der Waals surface area contributed by atoms with Gasteiger partial charge in [0.25, 0.3) is 0 Å². The zero-order chi connectivity index (χ0) is 15.1. The van der Waals surface area contributed by atoms with Crippen molar-refractivity contribution in [1.29, 1.82) is 0 Å². The van der Waals surface area contributed by atoms with Gasteiger partial charge < -0.3 is 15.4 Å². The molecule has 6 heteroatoms. The number of esters is 1. The predicted octanol–water partition coefficient (Wildman–Crippen LogP) is 1.77. The van der Waals surface area contributed by atoms with Crippen LogP contribution in [-0.4, -0.2) is 37.5 Å². The van der Waals surface area contributed by atoms with Gasteiger partial charge in [0.1, 0.15) is 0 Å². The van der Waals surface area contributed by atoms with Gasteiger partial charge in [-0.05, 0) is 5.56 Å². The molecule has 0 radical (unpaired) electrons. The summed E-state index contributed by atoms with van der Waals surface area (Å²) in [6.45, 7) is 2.06. The molecule has 2 atom stereocenters. The fourth-order valence-electron chi connectivity index (χ4n) is 1.95. The van der Waals surface area contributed by atoms with Gasteiger partial charge in [0.15, 0.2) is 0 Å². The van der Waals surface area contributed by atoms with Gasteiger partial charge in [-0.15, -0.1) is 12.4 Å². The van der Waals surface area contributed by atoms with Gasteiger partial charge in [0, 0.05) is 26.1 Å². The minimum Gasteiger partial charge on any atom is -0.469 e. The standard InChI is InChI=1S/C15H22N2O3.ClH/c1-11(15(19)20-3)10-17(2)14(18)9-13(16)12-7-5-4-6-8-12;/h4-8,11,13H,9-10,16H2,1-3H3;1H. The summed E-state index contributed by atoms with van der Waals surface area (Å²) in [6.07, 6.45) is 0.217. The average molecular weight is 315 g/mol. The minimum absolute atomic E-state index is 0. The topological polar surface area (TPSA) is 72.6 Å². The van der Waals surface area contributed by atoms with Crippen LogP contribution in [0.2, 0.25) is 0 Å². The third kappa shape index (κ3) is 6.14. The number of methoxy groups -OCH3 is 1. The smallest absolute Gasteiger partial charge is 0.310 e. The number of carbonyl (C=O) groups is 2. The van der Waals surface area contributed by atoms with E-state index in [0.717, 1.165) is 5.56 Å². The predicted molar refractivity (Wildman–Crippen MR) is 84.1 cm³/mol. The summed E-state index contributed by atoms with van der Waals surface area (Å²) in [4.78, 5) is 24.9. The number of carbonyl (C=O) groups excluding carboxylic acids is 2. The second-order valence-corrected chi connectivity index (χ2v) is 4.92. The van der Waals surface area contributed by atoms with Crippen LogP contribution in [0.25, 0.3) is 0 Å². The molecule has 1 aromatic carbocycles. The Hall–Kier alpha value is -1.59. The molecule has 1 rings (SSSR count). The number of rotatable bonds is 6. The monoisotopic (exact) mass is 314 g/mol. The largest absolute Gasteiger partial charge is 0.469 e. The Morgan fingerprint density at radius 3 is 2.38 bits per heavy atom. The maximum Gasteiger partial charge on any atom is 0.310 e. The van der Waals surface area contributed by atoms with Crippen LogP contribution >= 0.6 is 12.4 Å². The number of hydrogen-bond donors (Lipinski definition) is 1. The number of nitrogens with two attached hydrogens (primary N) is 1. The van der Waals surface area contributed by atoms with Crippen LogP contribution in [0.4, 0.5) is 0 Å². The molecule has 0 heterocycles. The molecule has 1 amide bonds. The second-order valence-electron chi connectivity index (χ2n) is 4.92. The number of ether oxygens (including phenoxy) is 1. The van der Waals surface area contributed by atoms with Crippen LogP contribution in [0.5, 0.6) is 0 Å². The summed E-state index contributed by atoms with van der Waals surface area (Å²) in [5.74, 6) is -0.754. The fraction of sp³-hybridized carbons (Fsp3) is 0.467. The molecule has 0 aliphatic heterocycles. The van der Waals surface area contributed by atoms with Crippen molar-refractivity contribution in [2.24, 2.45) is 11.7 Å². The van der Waals surface area contributed by atoms with Crippen molar-refractivity contribution in [2.45, 2.75) is 19.4 Å². The molecule has 0 spiro atoms. The number of hydrogen-bond acceptors (Lipinski definition) is 4. The molecule has 0 aliphatic carbocycles. The zero-order valence-electron chi connectivity index (χ0n) is 12.6. The molecular formula is C15H23ClN2O3. The molecular weight excluding hydrogens is 292 g/mol. The van der Waals surface area contributed by atoms with E-state index in [-0.39, 0.29) is 42.7 Å². The lowest BCUT2D eigenvalue weighted by Crippen LogP contribution is -2.35. The van der Waals surface area contributed by atoms with E-state index in [1.54, 1.807) is 14.0 Å². The van der Waals surface area contributed by atoms with Gasteiger partial charge in [0.05, 0.1) is 13.0 Å². The molecule has 0 saturated carbocycles. The highest BCUT2D eigenvalue weighted by Crippen LogP contribution is 2.14. The van der Waals surface area contributed by atoms with Gasteiger partial charge >= 0.3 is 5.97 Å². The van der Waals surface area contributed by atoms with E-state index in [1.165, 1.54) is 12.0 Å². The molecule has 2 unspecified atom stereocenters. The Kier molecular flexibility index (Phi) is 8.66. The molecule has 2 N–H and O–H groups in total. The SMILES string of the molecule is COC(=O)C(C)CN(C)C(=O)CC(N)c1ccccc1.Cl. The molecule has 5 nitrogen and oxygen atoms in total. The summed E-state index contributed by atoms with van der Waals surface area (Å²) in [7, 11) is 3.01. The van der Waals surface area contributed by atoms with Crippen molar-refractivity contribution in [3.63, 3.8) is 0 Å². The van der Waals surface area contributed by atoms with Crippen LogP contribution in [0, 0.1) is 5.92 Å². The van der Waals surface area contributed by atoms with E-state index >= 15 is 0 Å². The quantitative estimate of drug-likeness (QED) is 0.812. The van der Waals surface area contributed by atoms with E-state index in [4.69, 9.17) is 5.73 Å². The van der Waals surface area contributed by atoms with Gasteiger partial charge in [0.2, 0.25) is 5.91 Å². The van der Waals surface area contributed by atoms with Crippen LogP contribution in [0.3, 0.4) is 0 Å². The Labute approximate surface area is 131 Å². The zero-order valence-corrected chi connectivity index (χ0v) is 13.4. The number of amides is 1. The van der Waals surface area contributed by atoms with Gasteiger partial charge in [-0.25, -0.2) is 0 Å². The maximum absolute atomic E-state index is 12.1. The van der Waals surface area contributed by atoms with Crippen molar-refractivity contribution in [1.82, 2.24) is 4.90 Å². The molecule has 21 heavy (non-hydrogen) atoms. The summed E-state index contributed by atoms with van der Waals surface area (Å²) >= 11 is 0. The lowest BCUT2D eigenvalue weighted by atomic mass is 10.0. The van der Waals surface area contributed by atoms with Crippen LogP contribution < -0.4 is 5.73 Å². The van der Waals surface area contributed by atoms with E-state index in [0.29, 0.717) is 6.54 Å². The Morgan fingerprint density at radius 1 is 1.29 bits per heavy atom.